The highest BCUT2D eigenvalue weighted by atomic mass is 35.5. The molecule has 2 aromatic rings. The van der Waals surface area contributed by atoms with Gasteiger partial charge in [-0.25, -0.2) is 0 Å². The molecule has 0 saturated heterocycles. The van der Waals surface area contributed by atoms with E-state index in [4.69, 9.17) is 11.6 Å². The largest absolute Gasteiger partial charge is 0.364 e. The van der Waals surface area contributed by atoms with Gasteiger partial charge in [-0.3, -0.25) is 0 Å². The zero-order chi connectivity index (χ0) is 28.5. The van der Waals surface area contributed by atoms with Crippen LogP contribution in [0.1, 0.15) is 91.2 Å². The summed E-state index contributed by atoms with van der Waals surface area (Å²) in [6.45, 7) is 16.2. The first-order valence-corrected chi connectivity index (χ1v) is 15.8. The highest BCUT2D eigenvalue weighted by Crippen LogP contribution is 2.49. The van der Waals surface area contributed by atoms with E-state index >= 15 is 0 Å². The molecule has 0 fully saturated rings. The first kappa shape index (κ1) is 28.8. The maximum Gasteiger partial charge on any atom is 0.0568 e. The van der Waals surface area contributed by atoms with Gasteiger partial charge < -0.3 is 9.80 Å². The number of benzene rings is 2. The summed E-state index contributed by atoms with van der Waals surface area (Å²) in [6, 6.07) is 18.2. The van der Waals surface area contributed by atoms with Crippen LogP contribution in [0.5, 0.6) is 0 Å². The van der Waals surface area contributed by atoms with Crippen molar-refractivity contribution in [3.8, 4) is 0 Å². The van der Waals surface area contributed by atoms with Crippen molar-refractivity contribution >= 4 is 23.0 Å². The minimum atomic E-state index is -0.0239. The monoisotopic (exact) mass is 554 g/mol. The Hall–Kier alpha value is -2.71. The Balaban J connectivity index is 1.42. The number of fused-ring (bicyclic) bond motifs is 2. The summed E-state index contributed by atoms with van der Waals surface area (Å²) in [5.41, 5.74) is 9.55. The van der Waals surface area contributed by atoms with Crippen LogP contribution in [0.25, 0.3) is 0 Å². The number of nitrogens with zero attached hydrogens (tertiary/aromatic N) is 2. The van der Waals surface area contributed by atoms with Gasteiger partial charge in [0.15, 0.2) is 0 Å². The van der Waals surface area contributed by atoms with Crippen LogP contribution in [0.4, 0.5) is 11.4 Å². The summed E-state index contributed by atoms with van der Waals surface area (Å²) < 4.78 is 0. The fraction of sp³-hybridized carbons (Fsp3) is 0.459. The second-order valence-electron chi connectivity index (χ2n) is 12.8. The van der Waals surface area contributed by atoms with Gasteiger partial charge in [0.05, 0.1) is 6.04 Å². The van der Waals surface area contributed by atoms with Crippen LogP contribution in [-0.4, -0.2) is 19.1 Å². The fourth-order valence-corrected chi connectivity index (χ4v) is 7.31. The molecule has 2 aliphatic heterocycles. The van der Waals surface area contributed by atoms with Crippen molar-refractivity contribution < 1.29 is 0 Å². The number of anilines is 2. The molecule has 5 rings (SSSR count). The minimum absolute atomic E-state index is 0.0239. The normalized spacial score (nSPS) is 23.2. The van der Waals surface area contributed by atoms with Crippen LogP contribution >= 0.6 is 11.6 Å². The molecule has 2 heterocycles. The van der Waals surface area contributed by atoms with Gasteiger partial charge in [0.1, 0.15) is 0 Å². The van der Waals surface area contributed by atoms with Gasteiger partial charge in [-0.1, -0.05) is 121 Å². The number of rotatable bonds is 9. The Morgan fingerprint density at radius 3 is 2.20 bits per heavy atom. The molecule has 0 amide bonds. The summed E-state index contributed by atoms with van der Waals surface area (Å²) >= 11 is 7.08. The van der Waals surface area contributed by atoms with Gasteiger partial charge >= 0.3 is 0 Å². The molecular formula is C37H47ClN2. The summed E-state index contributed by atoms with van der Waals surface area (Å²) in [4.78, 5) is 5.15. The molecule has 3 heteroatoms. The van der Waals surface area contributed by atoms with Gasteiger partial charge in [0.2, 0.25) is 0 Å². The highest BCUT2D eigenvalue weighted by molar-refractivity contribution is 6.33. The zero-order valence-electron chi connectivity index (χ0n) is 25.4. The van der Waals surface area contributed by atoms with Crippen molar-refractivity contribution in [1.29, 1.82) is 0 Å². The molecule has 2 nitrogen and oxygen atoms in total. The summed E-state index contributed by atoms with van der Waals surface area (Å²) in [5, 5.41) is 0.940. The van der Waals surface area contributed by atoms with Crippen LogP contribution in [0.2, 0.25) is 0 Å². The van der Waals surface area contributed by atoms with E-state index in [9.17, 15) is 0 Å². The van der Waals surface area contributed by atoms with Crippen LogP contribution in [-0.2, 0) is 10.8 Å². The molecule has 0 bridgehead atoms. The van der Waals surface area contributed by atoms with E-state index in [-0.39, 0.29) is 10.8 Å². The molecule has 1 atom stereocenters. The first-order chi connectivity index (χ1) is 19.2. The van der Waals surface area contributed by atoms with Crippen LogP contribution in [0, 0.1) is 0 Å². The maximum atomic E-state index is 7.08. The fourth-order valence-electron chi connectivity index (χ4n) is 6.99. The number of hydrogen-bond donors (Lipinski definition) is 0. The van der Waals surface area contributed by atoms with Crippen molar-refractivity contribution in [3.63, 3.8) is 0 Å². The third kappa shape index (κ3) is 5.09. The van der Waals surface area contributed by atoms with E-state index in [0.29, 0.717) is 6.04 Å². The topological polar surface area (TPSA) is 6.48 Å². The Labute approximate surface area is 248 Å². The van der Waals surface area contributed by atoms with E-state index in [2.05, 4.69) is 124 Å². The summed E-state index contributed by atoms with van der Waals surface area (Å²) in [5.74, 6) is 0. The highest BCUT2D eigenvalue weighted by Gasteiger charge is 2.43. The molecule has 2 aromatic carbocycles. The zero-order valence-corrected chi connectivity index (χ0v) is 26.2. The van der Waals surface area contributed by atoms with Crippen LogP contribution in [0.3, 0.4) is 0 Å². The molecule has 1 aliphatic carbocycles. The molecule has 0 N–H and O–H groups in total. The Kier molecular flexibility index (Phi) is 8.39. The van der Waals surface area contributed by atoms with Gasteiger partial charge in [0.25, 0.3) is 0 Å². The van der Waals surface area contributed by atoms with E-state index in [1.165, 1.54) is 65.0 Å². The van der Waals surface area contributed by atoms with Gasteiger partial charge in [0, 0.05) is 46.0 Å². The predicted octanol–water partition coefficient (Wildman–Crippen LogP) is 10.2. The average Bonchev–Trinajstić information content (AvgIpc) is 3.48. The number of hydrogen-bond acceptors (Lipinski definition) is 2. The maximum absolute atomic E-state index is 7.08. The quantitative estimate of drug-likeness (QED) is 0.304. The van der Waals surface area contributed by atoms with Crippen LogP contribution in [0.15, 0.2) is 94.7 Å². The first-order valence-electron chi connectivity index (χ1n) is 15.4. The number of halogens is 1. The number of unbranched alkanes of at least 4 members (excludes halogenated alkanes) is 2. The standard InChI is InChI=1S/C37H47ClN2/c1-7-9-25-39-31-17-13-11-15-29(31)36(3,4)33(39)23-21-27-19-20-28(35(27)38)22-24-34-37(5,6)30-16-12-14-18-32(30)40(34)26-10-8-2/h11-18,21-24,33H,7-10,19-20,25-26H2,1-6H3/b23-21+,28-22+,34-24+. The molecule has 0 spiro atoms. The lowest BCUT2D eigenvalue weighted by Gasteiger charge is -2.32. The van der Waals surface area contributed by atoms with Gasteiger partial charge in [-0.2, -0.15) is 0 Å². The van der Waals surface area contributed by atoms with E-state index in [0.717, 1.165) is 31.0 Å². The molecule has 40 heavy (non-hydrogen) atoms. The number of allylic oxidation sites excluding steroid dienone is 7. The van der Waals surface area contributed by atoms with E-state index in [1.54, 1.807) is 0 Å². The molecule has 0 radical (unpaired) electrons. The second kappa shape index (κ2) is 11.6. The van der Waals surface area contributed by atoms with E-state index in [1.807, 2.05) is 0 Å². The van der Waals surface area contributed by atoms with Crippen molar-refractivity contribution in [2.45, 2.75) is 96.9 Å². The molecule has 212 valence electrons. The second-order valence-corrected chi connectivity index (χ2v) is 13.2. The Bertz CT molecular complexity index is 1360. The smallest absolute Gasteiger partial charge is 0.0568 e. The van der Waals surface area contributed by atoms with Crippen molar-refractivity contribution in [2.24, 2.45) is 0 Å². The Morgan fingerprint density at radius 2 is 1.48 bits per heavy atom. The molecule has 1 unspecified atom stereocenters. The molecule has 0 aromatic heterocycles. The predicted molar refractivity (Wildman–Crippen MR) is 175 cm³/mol. The Morgan fingerprint density at radius 1 is 0.825 bits per heavy atom. The minimum Gasteiger partial charge on any atom is -0.364 e. The lowest BCUT2D eigenvalue weighted by Crippen LogP contribution is -2.40. The van der Waals surface area contributed by atoms with E-state index < -0.39 is 0 Å². The van der Waals surface area contributed by atoms with Gasteiger partial charge in [-0.15, -0.1) is 0 Å². The molecular weight excluding hydrogens is 508 g/mol. The van der Waals surface area contributed by atoms with Gasteiger partial charge in [-0.05, 0) is 66.2 Å². The lowest BCUT2D eigenvalue weighted by molar-refractivity contribution is 0.471. The SMILES string of the molecule is CCCCN1/C(=C/C=C2\CCC(/C=C/C3N(CCCC)c4ccccc4C3(C)C)=C2Cl)C(C)(C)c2ccccc21. The summed E-state index contributed by atoms with van der Waals surface area (Å²) in [6.07, 6.45) is 16.2. The lowest BCUT2D eigenvalue weighted by atomic mass is 9.80. The third-order valence-electron chi connectivity index (χ3n) is 9.42. The average molecular weight is 555 g/mol. The molecule has 0 saturated carbocycles. The van der Waals surface area contributed by atoms with Crippen molar-refractivity contribution in [1.82, 2.24) is 0 Å². The number of para-hydroxylation sites is 2. The van der Waals surface area contributed by atoms with Crippen molar-refractivity contribution in [2.75, 3.05) is 22.9 Å². The third-order valence-corrected chi connectivity index (χ3v) is 9.91. The molecule has 3 aliphatic rings. The van der Waals surface area contributed by atoms with Crippen molar-refractivity contribution in [3.05, 3.63) is 106 Å². The summed E-state index contributed by atoms with van der Waals surface area (Å²) in [7, 11) is 0. The van der Waals surface area contributed by atoms with Crippen LogP contribution < -0.4 is 9.80 Å².